The summed E-state index contributed by atoms with van der Waals surface area (Å²) in [5.41, 5.74) is 0.807. The normalized spacial score (nSPS) is 18.7. The predicted octanol–water partition coefficient (Wildman–Crippen LogP) is 5.70. The van der Waals surface area contributed by atoms with E-state index < -0.39 is 54.1 Å². The van der Waals surface area contributed by atoms with Gasteiger partial charge in [-0.1, -0.05) is 67.0 Å². The van der Waals surface area contributed by atoms with Gasteiger partial charge in [-0.2, -0.15) is 0 Å². The fourth-order valence-corrected chi connectivity index (χ4v) is 10.3. The number of carboxylic acid groups (broad SMARTS) is 1. The van der Waals surface area contributed by atoms with Gasteiger partial charge in [-0.15, -0.1) is 0 Å². The Balaban J connectivity index is 1.69. The predicted molar refractivity (Wildman–Crippen MR) is 272 cm³/mol. The lowest BCUT2D eigenvalue weighted by Gasteiger charge is -2.41. The Hall–Kier alpha value is -4.04. The molecule has 9 atom stereocenters. The van der Waals surface area contributed by atoms with E-state index in [1.165, 1.54) is 5.06 Å². The van der Waals surface area contributed by atoms with Crippen LogP contribution in [0.25, 0.3) is 0 Å². The molecule has 2 heterocycles. The van der Waals surface area contributed by atoms with Crippen molar-refractivity contribution in [2.75, 3.05) is 94.2 Å². The molecule has 2 aliphatic heterocycles. The van der Waals surface area contributed by atoms with Crippen LogP contribution in [-0.2, 0) is 63.7 Å². The van der Waals surface area contributed by atoms with Gasteiger partial charge in [0.25, 0.3) is 0 Å². The zero-order chi connectivity index (χ0) is 53.5. The van der Waals surface area contributed by atoms with E-state index in [1.807, 2.05) is 53.5 Å². The molecule has 410 valence electrons. The zero-order valence-electron chi connectivity index (χ0n) is 45.4. The Kier molecular flexibility index (Phi) is 27.9. The molecule has 0 bridgehead atoms. The maximum absolute atomic E-state index is 14.7. The van der Waals surface area contributed by atoms with Gasteiger partial charge in [-0.05, 0) is 74.6 Å². The molecule has 72 heavy (non-hydrogen) atoms. The molecular formula is C54H90N4O14. The number of hydrogen-bond acceptors (Lipinski definition) is 14. The number of methoxy groups -OCH3 is 2. The van der Waals surface area contributed by atoms with E-state index in [1.54, 1.807) is 62.3 Å². The molecule has 0 aromatic heterocycles. The maximum atomic E-state index is 14.7. The van der Waals surface area contributed by atoms with E-state index >= 15 is 0 Å². The number of aromatic hydroxyl groups is 1. The number of likely N-dealkylation sites (tertiary alicyclic amines) is 1. The maximum Gasteiger partial charge on any atom is 0.305 e. The Labute approximate surface area is 429 Å². The summed E-state index contributed by atoms with van der Waals surface area (Å²) in [6, 6.07) is 5.27. The minimum absolute atomic E-state index is 0.0138. The molecule has 18 nitrogen and oxygen atoms in total. The van der Waals surface area contributed by atoms with Gasteiger partial charge in [0.1, 0.15) is 11.5 Å². The highest BCUT2D eigenvalue weighted by Gasteiger charge is 2.44. The first kappa shape index (κ1) is 62.3. The van der Waals surface area contributed by atoms with Crippen LogP contribution >= 0.6 is 0 Å². The number of ketones is 2. The summed E-state index contributed by atoms with van der Waals surface area (Å²) in [5, 5.41) is 19.9. The lowest BCUT2D eigenvalue weighted by molar-refractivity contribution is -0.201. The molecule has 1 aromatic rings. The van der Waals surface area contributed by atoms with Crippen molar-refractivity contribution in [2.45, 2.75) is 143 Å². The summed E-state index contributed by atoms with van der Waals surface area (Å²) in [4.78, 5) is 93.3. The average Bonchev–Trinajstić information content (AvgIpc) is 3.84. The summed E-state index contributed by atoms with van der Waals surface area (Å²) in [5.74, 6) is -3.83. The van der Waals surface area contributed by atoms with Crippen molar-refractivity contribution in [3.63, 3.8) is 0 Å². The smallest absolute Gasteiger partial charge is 0.305 e. The fraction of sp³-hybridized carbons (Fsp3) is 0.778. The van der Waals surface area contributed by atoms with Crippen LogP contribution in [0.2, 0.25) is 0 Å². The quantitative estimate of drug-likeness (QED) is 0.0782. The Bertz CT molecular complexity index is 1810. The largest absolute Gasteiger partial charge is 0.508 e. The van der Waals surface area contributed by atoms with E-state index in [4.69, 9.17) is 33.6 Å². The molecule has 1 aromatic carbocycles. The van der Waals surface area contributed by atoms with Gasteiger partial charge in [0, 0.05) is 65.6 Å². The first-order valence-electron chi connectivity index (χ1n) is 26.3. The van der Waals surface area contributed by atoms with Gasteiger partial charge in [0.05, 0.1) is 95.3 Å². The van der Waals surface area contributed by atoms with Crippen molar-refractivity contribution in [3.05, 3.63) is 29.8 Å². The topological polar surface area (TPSA) is 211 Å². The number of phenolic OH excluding ortho intramolecular Hbond substituents is 1. The monoisotopic (exact) mass is 1020 g/mol. The van der Waals surface area contributed by atoms with E-state index in [0.29, 0.717) is 78.5 Å². The van der Waals surface area contributed by atoms with Gasteiger partial charge < -0.3 is 43.7 Å². The molecule has 0 unspecified atom stereocenters. The number of rotatable bonds is 35. The SMILES string of the molecule is CC[C@H](C)[C@@H]([C@@H](CC(=O)N1CCC[C@H]1[C@H](OC)[C@@H](C)C(=O)C[C@@H](Cc1ccc(O)cc1)C(=O)N1CCCCO1)OC)N(C)C(=O)[C@@H](CC(=O)[C@H](C(C)C)N(C)CCOCCOCCOCCC(=O)O)C(C)C. The van der Waals surface area contributed by atoms with Crippen molar-refractivity contribution in [2.24, 2.45) is 35.5 Å². The molecule has 2 saturated heterocycles. The second-order valence-electron chi connectivity index (χ2n) is 20.5. The summed E-state index contributed by atoms with van der Waals surface area (Å²) in [7, 11) is 6.74. The van der Waals surface area contributed by atoms with Crippen LogP contribution in [0.1, 0.15) is 112 Å². The Morgan fingerprint density at radius 1 is 0.778 bits per heavy atom. The minimum atomic E-state index is -0.912. The second kappa shape index (κ2) is 32.3. The Morgan fingerprint density at radius 3 is 1.97 bits per heavy atom. The number of hydrogen-bond donors (Lipinski definition) is 2. The highest BCUT2D eigenvalue weighted by Crippen LogP contribution is 2.32. The standard InChI is InChI=1S/C54H90N4O14/c1-12-38(6)51(56(9)54(66)43(36(2)3)34-46(61)50(37(4)5)55(8)24-27-70-29-31-71-30-28-69-26-21-49(63)64)47(67-10)35-48(62)57-22-15-16-44(57)52(68-11)39(7)45(60)33-41(32-40-17-19-42(59)20-18-40)53(65)58-23-13-14-25-72-58/h17-20,36-39,41,43-44,47,50-52,59H,12-16,21-35H2,1-11H3,(H,63,64)/t38-,39-,41+,43-,44-,47+,50-,51-,52+/m0/s1. The van der Waals surface area contributed by atoms with Crippen molar-refractivity contribution in [3.8, 4) is 5.75 Å². The first-order chi connectivity index (χ1) is 34.3. The summed E-state index contributed by atoms with van der Waals surface area (Å²) in [6.07, 6.45) is 2.60. The molecule has 0 spiro atoms. The number of phenols is 1. The van der Waals surface area contributed by atoms with Crippen LogP contribution in [0, 0.1) is 35.5 Å². The van der Waals surface area contributed by atoms with Crippen LogP contribution in [-0.4, -0.2) is 190 Å². The number of benzene rings is 1. The minimum Gasteiger partial charge on any atom is -0.508 e. The molecule has 3 rings (SSSR count). The number of likely N-dealkylation sites (N-methyl/N-ethyl adjacent to an activating group) is 2. The molecule has 2 fully saturated rings. The number of Topliss-reactive ketones (excluding diaryl/α,β-unsaturated/α-hetero) is 2. The third kappa shape index (κ3) is 19.3. The summed E-state index contributed by atoms with van der Waals surface area (Å²) in [6.45, 7) is 17.4. The van der Waals surface area contributed by atoms with Crippen LogP contribution < -0.4 is 0 Å². The van der Waals surface area contributed by atoms with Crippen molar-refractivity contribution in [1.82, 2.24) is 19.8 Å². The molecule has 3 amide bonds. The molecule has 0 radical (unpaired) electrons. The van der Waals surface area contributed by atoms with Crippen molar-refractivity contribution in [1.29, 1.82) is 0 Å². The van der Waals surface area contributed by atoms with Gasteiger partial charge >= 0.3 is 5.97 Å². The van der Waals surface area contributed by atoms with Crippen LogP contribution in [0.15, 0.2) is 24.3 Å². The number of nitrogens with zero attached hydrogens (tertiary/aromatic N) is 4. The van der Waals surface area contributed by atoms with Crippen LogP contribution in [0.3, 0.4) is 0 Å². The molecule has 2 aliphatic rings. The summed E-state index contributed by atoms with van der Waals surface area (Å²) < 4.78 is 28.7. The number of ether oxygens (including phenoxy) is 5. The zero-order valence-corrected chi connectivity index (χ0v) is 45.4. The van der Waals surface area contributed by atoms with Crippen LogP contribution in [0.4, 0.5) is 0 Å². The van der Waals surface area contributed by atoms with Crippen molar-refractivity contribution >= 4 is 35.3 Å². The number of aliphatic carboxylic acids is 1. The third-order valence-electron chi connectivity index (χ3n) is 14.6. The molecular weight excluding hydrogens is 929 g/mol. The van der Waals surface area contributed by atoms with Gasteiger partial charge in [0.15, 0.2) is 5.78 Å². The first-order valence-corrected chi connectivity index (χ1v) is 26.3. The molecule has 18 heteroatoms. The van der Waals surface area contributed by atoms with Gasteiger partial charge in [-0.3, -0.25) is 38.5 Å². The highest BCUT2D eigenvalue weighted by atomic mass is 16.7. The van der Waals surface area contributed by atoms with Gasteiger partial charge in [-0.25, -0.2) is 5.06 Å². The molecule has 2 N–H and O–H groups in total. The fourth-order valence-electron chi connectivity index (χ4n) is 10.3. The summed E-state index contributed by atoms with van der Waals surface area (Å²) >= 11 is 0. The third-order valence-corrected chi connectivity index (χ3v) is 14.6. The molecule has 0 saturated carbocycles. The average molecular weight is 1020 g/mol. The van der Waals surface area contributed by atoms with E-state index in [2.05, 4.69) is 0 Å². The number of carbonyl (C=O) groups excluding carboxylic acids is 5. The van der Waals surface area contributed by atoms with Gasteiger partial charge in [0.2, 0.25) is 17.7 Å². The van der Waals surface area contributed by atoms with E-state index in [-0.39, 0.29) is 91.5 Å². The number of hydroxylamine groups is 2. The van der Waals surface area contributed by atoms with E-state index in [9.17, 15) is 33.9 Å². The molecule has 0 aliphatic carbocycles. The number of carboxylic acids is 1. The van der Waals surface area contributed by atoms with Crippen LogP contribution in [0.5, 0.6) is 5.75 Å². The lowest BCUT2D eigenvalue weighted by Crippen LogP contribution is -2.54. The highest BCUT2D eigenvalue weighted by molar-refractivity contribution is 5.90. The Morgan fingerprint density at radius 2 is 1.42 bits per heavy atom. The van der Waals surface area contributed by atoms with Crippen molar-refractivity contribution < 1.29 is 67.5 Å². The number of carbonyl (C=O) groups is 6. The van der Waals surface area contributed by atoms with E-state index in [0.717, 1.165) is 18.4 Å². The lowest BCUT2D eigenvalue weighted by atomic mass is 9.83. The second-order valence-corrected chi connectivity index (χ2v) is 20.5. The number of amides is 3.